The Labute approximate surface area is 213 Å². The fraction of sp³-hybridized carbons (Fsp3) is 0.179. The second-order valence-electron chi connectivity index (χ2n) is 8.98. The molecule has 1 aliphatic heterocycles. The summed E-state index contributed by atoms with van der Waals surface area (Å²) in [5, 5.41) is 12.2. The number of H-pyrrole nitrogens is 1. The molecule has 9 heteroatoms. The van der Waals surface area contributed by atoms with E-state index in [-0.39, 0.29) is 5.91 Å². The fourth-order valence-electron chi connectivity index (χ4n) is 4.71. The van der Waals surface area contributed by atoms with E-state index in [1.807, 2.05) is 52.0 Å². The monoisotopic (exact) mass is 494 g/mol. The number of fused-ring (bicyclic) bond motifs is 1. The quantitative estimate of drug-likeness (QED) is 0.375. The van der Waals surface area contributed by atoms with Crippen molar-refractivity contribution in [2.75, 3.05) is 14.2 Å². The van der Waals surface area contributed by atoms with Gasteiger partial charge in [0, 0.05) is 23.5 Å². The molecule has 0 atom stereocenters. The molecule has 0 saturated heterocycles. The molecule has 0 saturated carbocycles. The van der Waals surface area contributed by atoms with Gasteiger partial charge in [0.25, 0.3) is 5.91 Å². The Morgan fingerprint density at radius 3 is 2.49 bits per heavy atom. The van der Waals surface area contributed by atoms with Gasteiger partial charge in [-0.1, -0.05) is 17.7 Å². The molecule has 0 spiro atoms. The normalized spacial score (nSPS) is 12.6. The van der Waals surface area contributed by atoms with Gasteiger partial charge in [0.15, 0.2) is 0 Å². The molecule has 0 fully saturated rings. The van der Waals surface area contributed by atoms with Crippen LogP contribution in [0.5, 0.6) is 11.5 Å². The number of carbonyl (C=O) groups excluding carboxylic acids is 1. The van der Waals surface area contributed by atoms with E-state index in [0.29, 0.717) is 36.0 Å². The zero-order valence-corrected chi connectivity index (χ0v) is 20.8. The zero-order valence-electron chi connectivity index (χ0n) is 20.8. The third-order valence-corrected chi connectivity index (χ3v) is 6.63. The van der Waals surface area contributed by atoms with Gasteiger partial charge in [0.2, 0.25) is 0 Å². The van der Waals surface area contributed by atoms with Crippen molar-refractivity contribution in [1.82, 2.24) is 29.4 Å². The molecule has 0 radical (unpaired) electrons. The Kier molecular flexibility index (Phi) is 5.52. The van der Waals surface area contributed by atoms with Gasteiger partial charge in [0.05, 0.1) is 44.4 Å². The van der Waals surface area contributed by atoms with Crippen LogP contribution in [0, 0.1) is 6.92 Å². The van der Waals surface area contributed by atoms with Crippen LogP contribution < -0.4 is 9.47 Å². The topological polar surface area (TPSA) is 90.2 Å². The molecule has 1 aliphatic rings. The molecular weight excluding hydrogens is 468 g/mol. The lowest BCUT2D eigenvalue weighted by atomic mass is 10.1. The van der Waals surface area contributed by atoms with Crippen molar-refractivity contribution in [3.63, 3.8) is 0 Å². The summed E-state index contributed by atoms with van der Waals surface area (Å²) in [5.74, 6) is 2.12. The van der Waals surface area contributed by atoms with Gasteiger partial charge in [-0.3, -0.25) is 9.89 Å². The predicted octanol–water partition coefficient (Wildman–Crippen LogP) is 4.53. The van der Waals surface area contributed by atoms with E-state index in [4.69, 9.17) is 14.6 Å². The van der Waals surface area contributed by atoms with Crippen LogP contribution in [0.3, 0.4) is 0 Å². The second-order valence-corrected chi connectivity index (χ2v) is 8.98. The summed E-state index contributed by atoms with van der Waals surface area (Å²) in [6.45, 7) is 2.93. The third kappa shape index (κ3) is 3.94. The van der Waals surface area contributed by atoms with Crippen molar-refractivity contribution in [3.05, 3.63) is 95.6 Å². The number of benzene rings is 2. The lowest BCUT2D eigenvalue weighted by Crippen LogP contribution is -2.26. The maximum atomic E-state index is 13.5. The van der Waals surface area contributed by atoms with Crippen molar-refractivity contribution in [3.8, 4) is 34.3 Å². The van der Waals surface area contributed by atoms with Crippen LogP contribution in [0.25, 0.3) is 22.8 Å². The summed E-state index contributed by atoms with van der Waals surface area (Å²) in [6, 6.07) is 19.5. The first-order valence-electron chi connectivity index (χ1n) is 11.9. The Morgan fingerprint density at radius 2 is 1.76 bits per heavy atom. The van der Waals surface area contributed by atoms with Crippen molar-refractivity contribution >= 4 is 5.91 Å². The van der Waals surface area contributed by atoms with Crippen molar-refractivity contribution in [2.45, 2.75) is 20.0 Å². The van der Waals surface area contributed by atoms with Crippen LogP contribution in [-0.2, 0) is 13.1 Å². The molecule has 0 bridgehead atoms. The first-order valence-corrected chi connectivity index (χ1v) is 11.9. The van der Waals surface area contributed by atoms with Crippen LogP contribution in [0.4, 0.5) is 0 Å². The predicted molar refractivity (Wildman–Crippen MR) is 138 cm³/mol. The molecular formula is C28H26N6O3. The third-order valence-electron chi connectivity index (χ3n) is 6.63. The molecule has 2 aromatic carbocycles. The number of aromatic amines is 1. The highest BCUT2D eigenvalue weighted by Crippen LogP contribution is 2.34. The molecule has 186 valence electrons. The minimum absolute atomic E-state index is 0.140. The van der Waals surface area contributed by atoms with Crippen molar-refractivity contribution in [2.24, 2.45) is 0 Å². The molecule has 5 aromatic rings. The largest absolute Gasteiger partial charge is 0.497 e. The van der Waals surface area contributed by atoms with E-state index in [1.165, 1.54) is 5.56 Å². The molecule has 4 heterocycles. The standard InChI is InChI=1S/C28H26N6O3/c1-18-6-8-19(9-7-18)34-27(32-12-4-5-13-32)22-16-33(17-25(22)31-34)28(35)24-15-23(29-30-24)21-14-20(36-2)10-11-26(21)37-3/h4-15H,16-17H2,1-3H3,(H,29,30). The highest BCUT2D eigenvalue weighted by Gasteiger charge is 2.32. The first kappa shape index (κ1) is 22.7. The van der Waals surface area contributed by atoms with E-state index in [9.17, 15) is 4.79 Å². The zero-order chi connectivity index (χ0) is 25.5. The van der Waals surface area contributed by atoms with E-state index in [1.54, 1.807) is 25.2 Å². The molecule has 9 nitrogen and oxygen atoms in total. The highest BCUT2D eigenvalue weighted by atomic mass is 16.5. The van der Waals surface area contributed by atoms with Gasteiger partial charge < -0.3 is 18.9 Å². The Balaban J connectivity index is 1.30. The summed E-state index contributed by atoms with van der Waals surface area (Å²) in [4.78, 5) is 15.3. The van der Waals surface area contributed by atoms with E-state index in [0.717, 1.165) is 28.3 Å². The SMILES string of the molecule is COc1ccc(OC)c(-c2cc(C(=O)N3Cc4nn(-c5ccc(C)cc5)c(-n5cccc5)c4C3)[nH]n2)c1. The van der Waals surface area contributed by atoms with Gasteiger partial charge in [-0.15, -0.1) is 0 Å². The summed E-state index contributed by atoms with van der Waals surface area (Å²) >= 11 is 0. The number of methoxy groups -OCH3 is 2. The van der Waals surface area contributed by atoms with Crippen molar-refractivity contribution in [1.29, 1.82) is 0 Å². The average molecular weight is 495 g/mol. The highest BCUT2D eigenvalue weighted by molar-refractivity contribution is 5.94. The number of aryl methyl sites for hydroxylation is 1. The number of hydrogen-bond acceptors (Lipinski definition) is 5. The molecule has 3 aromatic heterocycles. The van der Waals surface area contributed by atoms with Crippen LogP contribution >= 0.6 is 0 Å². The van der Waals surface area contributed by atoms with E-state index >= 15 is 0 Å². The van der Waals surface area contributed by atoms with Crippen LogP contribution in [0.2, 0.25) is 0 Å². The summed E-state index contributed by atoms with van der Waals surface area (Å²) in [5.41, 5.74) is 5.82. The van der Waals surface area contributed by atoms with Crippen LogP contribution in [-0.4, -0.2) is 49.6 Å². The number of aromatic nitrogens is 5. The van der Waals surface area contributed by atoms with Gasteiger partial charge in [0.1, 0.15) is 23.0 Å². The number of nitrogens with one attached hydrogen (secondary N) is 1. The van der Waals surface area contributed by atoms with Gasteiger partial charge >= 0.3 is 0 Å². The molecule has 1 N–H and O–H groups in total. The second kappa shape index (κ2) is 9.02. The maximum absolute atomic E-state index is 13.5. The first-order chi connectivity index (χ1) is 18.1. The lowest BCUT2D eigenvalue weighted by Gasteiger charge is -2.16. The Morgan fingerprint density at radius 1 is 0.973 bits per heavy atom. The summed E-state index contributed by atoms with van der Waals surface area (Å²) in [6.07, 6.45) is 3.99. The Bertz CT molecular complexity index is 1580. The van der Waals surface area contributed by atoms with Gasteiger partial charge in [-0.2, -0.15) is 10.2 Å². The summed E-state index contributed by atoms with van der Waals surface area (Å²) < 4.78 is 14.8. The number of hydrogen-bond donors (Lipinski definition) is 1. The molecule has 1 amide bonds. The average Bonchev–Trinajstić information content (AvgIpc) is 3.72. The number of amides is 1. The summed E-state index contributed by atoms with van der Waals surface area (Å²) in [7, 11) is 3.21. The van der Waals surface area contributed by atoms with Gasteiger partial charge in [-0.05, 0) is 55.5 Å². The van der Waals surface area contributed by atoms with E-state index < -0.39 is 0 Å². The number of carbonyl (C=O) groups is 1. The Hall–Kier alpha value is -4.79. The number of ether oxygens (including phenoxy) is 2. The smallest absolute Gasteiger partial charge is 0.272 e. The lowest BCUT2D eigenvalue weighted by molar-refractivity contribution is 0.0743. The number of rotatable bonds is 6. The minimum Gasteiger partial charge on any atom is -0.497 e. The molecule has 0 aliphatic carbocycles. The maximum Gasteiger partial charge on any atom is 0.272 e. The van der Waals surface area contributed by atoms with Crippen molar-refractivity contribution < 1.29 is 14.3 Å². The van der Waals surface area contributed by atoms with Crippen LogP contribution in [0.1, 0.15) is 27.3 Å². The van der Waals surface area contributed by atoms with E-state index in [2.05, 4.69) is 41.4 Å². The van der Waals surface area contributed by atoms with Gasteiger partial charge in [-0.25, -0.2) is 4.68 Å². The number of nitrogens with zero attached hydrogens (tertiary/aromatic N) is 5. The molecule has 37 heavy (non-hydrogen) atoms. The van der Waals surface area contributed by atoms with Crippen LogP contribution in [0.15, 0.2) is 73.1 Å². The molecule has 0 unspecified atom stereocenters. The minimum atomic E-state index is -0.140. The fourth-order valence-corrected chi connectivity index (χ4v) is 4.71. The molecule has 6 rings (SSSR count).